The average Bonchev–Trinajstić information content (AvgIpc) is 3.59. The summed E-state index contributed by atoms with van der Waals surface area (Å²) in [6, 6.07) is 10.3. The molecule has 2 fully saturated rings. The van der Waals surface area contributed by atoms with Crippen LogP contribution in [-0.2, 0) is 23.9 Å². The number of non-ortho nitro benzene ring substituents is 1. The molecule has 4 heterocycles. The van der Waals surface area contributed by atoms with E-state index in [-0.39, 0.29) is 30.2 Å². The number of methoxy groups -OCH3 is 1. The van der Waals surface area contributed by atoms with Gasteiger partial charge in [-0.05, 0) is 59.2 Å². The molecule has 1 amide bonds. The van der Waals surface area contributed by atoms with Gasteiger partial charge in [0.2, 0.25) is 0 Å². The summed E-state index contributed by atoms with van der Waals surface area (Å²) in [5.41, 5.74) is 3.13. The highest BCUT2D eigenvalue weighted by Crippen LogP contribution is 2.50. The van der Waals surface area contributed by atoms with E-state index >= 15 is 0 Å². The number of fused-ring (bicyclic) bond motifs is 1. The zero-order valence-corrected chi connectivity index (χ0v) is 32.6. The topological polar surface area (TPSA) is 142 Å². The fourth-order valence-corrected chi connectivity index (χ4v) is 8.84. The van der Waals surface area contributed by atoms with Crippen LogP contribution in [0.3, 0.4) is 0 Å². The van der Waals surface area contributed by atoms with E-state index < -0.39 is 28.2 Å². The molecule has 1 aromatic carbocycles. The predicted octanol–water partition coefficient (Wildman–Crippen LogP) is 5.16. The van der Waals surface area contributed by atoms with Gasteiger partial charge >= 0.3 is 11.9 Å². The number of nitro groups is 1. The van der Waals surface area contributed by atoms with Crippen LogP contribution < -0.4 is 14.7 Å². The molecule has 3 aliphatic heterocycles. The number of ether oxygens (including phenoxy) is 2. The number of benzene rings is 1. The molecule has 2 aromatic rings. The monoisotopic (exact) mass is 749 g/mol. The smallest absolute Gasteiger partial charge is 0.336 e. The maximum Gasteiger partial charge on any atom is 0.336 e. The number of carbonyl (C=O) groups excluding carboxylic acids is 3. The number of rotatable bonds is 14. The summed E-state index contributed by atoms with van der Waals surface area (Å²) in [7, 11) is 1.33. The van der Waals surface area contributed by atoms with Crippen LogP contribution in [0.4, 0.5) is 23.0 Å². The number of hydrogen-bond donors (Lipinski definition) is 0. The minimum absolute atomic E-state index is 0.0359. The molecule has 2 unspecified atom stereocenters. The van der Waals surface area contributed by atoms with Crippen molar-refractivity contribution in [3.05, 3.63) is 74.6 Å². The Morgan fingerprint density at radius 1 is 0.962 bits per heavy atom. The summed E-state index contributed by atoms with van der Waals surface area (Å²) < 4.78 is 10.6. The third-order valence-electron chi connectivity index (χ3n) is 10.2. The van der Waals surface area contributed by atoms with Crippen molar-refractivity contribution in [2.75, 3.05) is 86.5 Å². The second-order valence-corrected chi connectivity index (χ2v) is 14.1. The standard InChI is InChI=1S/C38H51N7O7S/c1-8-40(9-2)28-16-17-30(41(10-3)11-4)39-36(28)42-18-20-43(21-19-42)37(47)33-25(6)44-29(24-53-31(44)23-32(46)51-7)35(38(48)52-12-5)34(33)26-14-13-15-27(22-26)45(49)50/h13-17,22,31,34H,8-12,18-21,23-24H2,1-7H3. The molecule has 2 atom stereocenters. The molecule has 286 valence electrons. The van der Waals surface area contributed by atoms with Crippen molar-refractivity contribution in [2.24, 2.45) is 0 Å². The molecule has 0 bridgehead atoms. The van der Waals surface area contributed by atoms with Gasteiger partial charge in [0, 0.05) is 87.2 Å². The largest absolute Gasteiger partial charge is 0.469 e. The summed E-state index contributed by atoms with van der Waals surface area (Å²) >= 11 is 1.47. The number of allylic oxidation sites excluding steroid dienone is 1. The molecule has 0 aliphatic carbocycles. The number of piperazine rings is 1. The summed E-state index contributed by atoms with van der Waals surface area (Å²) in [4.78, 5) is 68.4. The Morgan fingerprint density at radius 2 is 1.64 bits per heavy atom. The Kier molecular flexibility index (Phi) is 12.9. The number of hydrogen-bond acceptors (Lipinski definition) is 13. The third kappa shape index (κ3) is 7.94. The number of thioether (sulfide) groups is 1. The summed E-state index contributed by atoms with van der Waals surface area (Å²) in [5.74, 6) is -0.0543. The Morgan fingerprint density at radius 3 is 2.25 bits per heavy atom. The molecular weight excluding hydrogens is 699 g/mol. The Balaban J connectivity index is 1.56. The first-order valence-corrected chi connectivity index (χ1v) is 19.5. The number of nitrogens with zero attached hydrogens (tertiary/aromatic N) is 7. The lowest BCUT2D eigenvalue weighted by Gasteiger charge is -2.41. The fraction of sp³-hybridized carbons (Fsp3) is 0.526. The highest BCUT2D eigenvalue weighted by molar-refractivity contribution is 8.00. The predicted molar refractivity (Wildman–Crippen MR) is 207 cm³/mol. The Hall–Kier alpha value is -4.79. The molecule has 53 heavy (non-hydrogen) atoms. The normalized spacial score (nSPS) is 18.6. The highest BCUT2D eigenvalue weighted by atomic mass is 32.2. The van der Waals surface area contributed by atoms with Crippen molar-refractivity contribution < 1.29 is 28.8 Å². The van der Waals surface area contributed by atoms with Gasteiger partial charge in [0.1, 0.15) is 5.82 Å². The van der Waals surface area contributed by atoms with Crippen molar-refractivity contribution >= 4 is 52.6 Å². The first kappa shape index (κ1) is 39.4. The first-order chi connectivity index (χ1) is 25.5. The molecule has 0 radical (unpaired) electrons. The van der Waals surface area contributed by atoms with E-state index in [1.807, 2.05) is 11.8 Å². The first-order valence-electron chi connectivity index (χ1n) is 18.4. The van der Waals surface area contributed by atoms with Crippen LogP contribution in [0.5, 0.6) is 0 Å². The fourth-order valence-electron chi connectivity index (χ4n) is 7.51. The zero-order valence-electron chi connectivity index (χ0n) is 31.8. The van der Waals surface area contributed by atoms with Gasteiger partial charge in [0.15, 0.2) is 5.82 Å². The lowest BCUT2D eigenvalue weighted by atomic mass is 9.79. The van der Waals surface area contributed by atoms with Crippen molar-refractivity contribution in [1.82, 2.24) is 14.8 Å². The average molecular weight is 750 g/mol. The Labute approximate surface area is 315 Å². The molecule has 0 spiro atoms. The second-order valence-electron chi connectivity index (χ2n) is 12.9. The van der Waals surface area contributed by atoms with E-state index in [4.69, 9.17) is 14.5 Å². The van der Waals surface area contributed by atoms with Crippen molar-refractivity contribution in [3.63, 3.8) is 0 Å². The third-order valence-corrected chi connectivity index (χ3v) is 11.4. The molecule has 15 heteroatoms. The molecule has 0 N–H and O–H groups in total. The van der Waals surface area contributed by atoms with Crippen LogP contribution in [0.1, 0.15) is 59.4 Å². The molecule has 14 nitrogen and oxygen atoms in total. The van der Waals surface area contributed by atoms with Gasteiger partial charge in [-0.2, -0.15) is 0 Å². The lowest BCUT2D eigenvalue weighted by Crippen LogP contribution is -2.51. The number of pyridine rings is 1. The maximum atomic E-state index is 15.0. The second kappa shape index (κ2) is 17.4. The molecular formula is C38H51N7O7S. The number of aromatic nitrogens is 1. The van der Waals surface area contributed by atoms with Crippen LogP contribution in [-0.4, -0.2) is 115 Å². The SMILES string of the molecule is CCOC(=O)C1=C2CSC(CC(=O)OC)N2C(C)=C(C(=O)N2CCN(c3nc(N(CC)CC)ccc3N(CC)CC)CC2)C1c1cccc([N+](=O)[O-])c1. The minimum atomic E-state index is -0.926. The molecule has 5 rings (SSSR count). The molecule has 2 saturated heterocycles. The van der Waals surface area contributed by atoms with Gasteiger partial charge in [-0.25, -0.2) is 9.78 Å². The summed E-state index contributed by atoms with van der Waals surface area (Å²) in [6.45, 7) is 17.2. The molecule has 0 saturated carbocycles. The van der Waals surface area contributed by atoms with Gasteiger partial charge in [-0.3, -0.25) is 19.7 Å². The minimum Gasteiger partial charge on any atom is -0.469 e. The van der Waals surface area contributed by atoms with Crippen molar-refractivity contribution in [2.45, 2.75) is 59.3 Å². The van der Waals surface area contributed by atoms with Crippen LogP contribution in [0.15, 0.2) is 58.9 Å². The van der Waals surface area contributed by atoms with Crippen molar-refractivity contribution in [3.8, 4) is 0 Å². The highest BCUT2D eigenvalue weighted by Gasteiger charge is 2.47. The van der Waals surface area contributed by atoms with Crippen LogP contribution in [0, 0.1) is 10.1 Å². The zero-order chi connectivity index (χ0) is 38.4. The van der Waals surface area contributed by atoms with Gasteiger partial charge in [-0.1, -0.05) is 12.1 Å². The number of anilines is 3. The Bertz CT molecular complexity index is 1770. The maximum absolute atomic E-state index is 15.0. The van der Waals surface area contributed by atoms with E-state index in [1.165, 1.54) is 31.0 Å². The van der Waals surface area contributed by atoms with E-state index in [1.54, 1.807) is 24.0 Å². The molecule has 1 aromatic heterocycles. The number of carbonyl (C=O) groups is 3. The van der Waals surface area contributed by atoms with E-state index in [9.17, 15) is 24.5 Å². The summed E-state index contributed by atoms with van der Waals surface area (Å²) in [5, 5.41) is 11.5. The van der Waals surface area contributed by atoms with Gasteiger partial charge < -0.3 is 34.0 Å². The number of esters is 2. The van der Waals surface area contributed by atoms with Crippen LogP contribution in [0.2, 0.25) is 0 Å². The van der Waals surface area contributed by atoms with Crippen molar-refractivity contribution in [1.29, 1.82) is 0 Å². The lowest BCUT2D eigenvalue weighted by molar-refractivity contribution is -0.384. The van der Waals surface area contributed by atoms with E-state index in [0.717, 1.165) is 43.5 Å². The van der Waals surface area contributed by atoms with Crippen LogP contribution >= 0.6 is 11.8 Å². The number of nitro benzene ring substituents is 1. The van der Waals surface area contributed by atoms with E-state index in [2.05, 4.69) is 54.5 Å². The quantitative estimate of drug-likeness (QED) is 0.143. The van der Waals surface area contributed by atoms with Crippen LogP contribution in [0.25, 0.3) is 0 Å². The van der Waals surface area contributed by atoms with Gasteiger partial charge in [-0.15, -0.1) is 11.8 Å². The molecule has 3 aliphatic rings. The number of amides is 1. The van der Waals surface area contributed by atoms with Gasteiger partial charge in [0.25, 0.3) is 11.6 Å². The van der Waals surface area contributed by atoms with E-state index in [0.29, 0.717) is 54.5 Å². The van der Waals surface area contributed by atoms with Gasteiger partial charge in [0.05, 0.1) is 47.6 Å². The summed E-state index contributed by atoms with van der Waals surface area (Å²) in [6.07, 6.45) is 0.0359.